The first-order valence-electron chi connectivity index (χ1n) is 10.6. The van der Waals surface area contributed by atoms with Crippen LogP contribution in [0.2, 0.25) is 5.02 Å². The van der Waals surface area contributed by atoms with Gasteiger partial charge in [0.2, 0.25) is 15.6 Å². The van der Waals surface area contributed by atoms with Gasteiger partial charge in [-0.2, -0.15) is 17.9 Å². The molecule has 0 saturated carbocycles. The van der Waals surface area contributed by atoms with Crippen LogP contribution in [0.4, 0.5) is 18.9 Å². The van der Waals surface area contributed by atoms with Crippen LogP contribution < -0.4 is 9.62 Å². The van der Waals surface area contributed by atoms with Crippen LogP contribution in [-0.4, -0.2) is 31.8 Å². The van der Waals surface area contributed by atoms with Gasteiger partial charge in [-0.05, 0) is 55.2 Å². The molecular formula is C24H22ClF3N2O4S. The third-order valence-corrected chi connectivity index (χ3v) is 7.87. The Kier molecular flexibility index (Phi) is 5.94. The van der Waals surface area contributed by atoms with Crippen LogP contribution in [-0.2, 0) is 19.6 Å². The van der Waals surface area contributed by atoms with Crippen molar-refractivity contribution in [2.24, 2.45) is 5.41 Å². The highest BCUT2D eigenvalue weighted by Gasteiger charge is 2.72. The molecule has 0 radical (unpaired) electrons. The molecule has 2 aromatic carbocycles. The molecular weight excluding hydrogens is 505 g/mol. The predicted molar refractivity (Wildman–Crippen MR) is 124 cm³/mol. The number of carbonyl (C=O) groups is 2. The summed E-state index contributed by atoms with van der Waals surface area (Å²) in [5.74, 6) is -2.53. The zero-order chi connectivity index (χ0) is 26.0. The summed E-state index contributed by atoms with van der Waals surface area (Å²) in [7, 11) is -4.91. The lowest BCUT2D eigenvalue weighted by Gasteiger charge is -2.35. The van der Waals surface area contributed by atoms with Crippen LogP contribution in [0.15, 0.2) is 64.7 Å². The summed E-state index contributed by atoms with van der Waals surface area (Å²) in [6.07, 6.45) is -5.77. The topological polar surface area (TPSA) is 83.6 Å². The summed E-state index contributed by atoms with van der Waals surface area (Å²) in [5, 5.41) is 0.173. The van der Waals surface area contributed by atoms with E-state index < -0.39 is 49.3 Å². The summed E-state index contributed by atoms with van der Waals surface area (Å²) >= 11 is 5.78. The minimum Gasteiger partial charge on any atom is -0.294 e. The van der Waals surface area contributed by atoms with Gasteiger partial charge in [0.25, 0.3) is 5.91 Å². The number of hydrogen-bond acceptors (Lipinski definition) is 4. The zero-order valence-corrected chi connectivity index (χ0v) is 20.6. The molecule has 35 heavy (non-hydrogen) atoms. The van der Waals surface area contributed by atoms with Crippen molar-refractivity contribution in [3.63, 3.8) is 0 Å². The van der Waals surface area contributed by atoms with Gasteiger partial charge in [-0.25, -0.2) is 8.42 Å². The Morgan fingerprint density at radius 1 is 0.971 bits per heavy atom. The number of hydrogen-bond donors (Lipinski definition) is 1. The molecule has 0 unspecified atom stereocenters. The first-order valence-corrected chi connectivity index (χ1v) is 12.5. The fraction of sp³-hybridized carbons (Fsp3) is 0.333. The number of alkyl halides is 3. The van der Waals surface area contributed by atoms with E-state index in [1.165, 1.54) is 24.3 Å². The van der Waals surface area contributed by atoms with Crippen LogP contribution in [0.25, 0.3) is 0 Å². The van der Waals surface area contributed by atoms with Crippen LogP contribution in [0.1, 0.15) is 32.3 Å². The molecule has 0 fully saturated rings. The largest absolute Gasteiger partial charge is 0.421 e. The molecule has 0 aromatic heterocycles. The highest BCUT2D eigenvalue weighted by Crippen LogP contribution is 2.53. The maximum Gasteiger partial charge on any atom is 0.421 e. The molecule has 186 valence electrons. The molecule has 11 heteroatoms. The molecule has 0 saturated heterocycles. The van der Waals surface area contributed by atoms with E-state index in [0.717, 1.165) is 22.6 Å². The van der Waals surface area contributed by atoms with E-state index in [2.05, 4.69) is 0 Å². The predicted octanol–water partition coefficient (Wildman–Crippen LogP) is 4.92. The van der Waals surface area contributed by atoms with Crippen molar-refractivity contribution >= 4 is 39.0 Å². The number of halogens is 4. The van der Waals surface area contributed by atoms with Crippen LogP contribution in [0, 0.1) is 12.3 Å². The number of nitrogens with zero attached hydrogens (tertiary/aromatic N) is 1. The van der Waals surface area contributed by atoms with Gasteiger partial charge in [-0.15, -0.1) is 0 Å². The molecule has 2 aliphatic rings. The SMILES string of the molecule is Cc1ccc(N2C(=O)[C@](NS(=O)(=O)c3ccc(Cl)cc3)(C(F)(F)F)C3=C2CC(C)(C)CC3=O)cc1. The standard InChI is InChI=1S/C24H22ClF3N2O4S/c1-14-4-8-16(9-5-14)30-18-12-22(2,3)13-19(31)20(18)23(21(30)32,24(26,27)28)29-35(33,34)17-10-6-15(25)7-11-17/h4-11,29H,12-13H2,1-3H3/t23-/m0/s1. The Morgan fingerprint density at radius 2 is 1.54 bits per heavy atom. The van der Waals surface area contributed by atoms with E-state index in [1.54, 1.807) is 37.6 Å². The van der Waals surface area contributed by atoms with Gasteiger partial charge in [-0.3, -0.25) is 14.5 Å². The van der Waals surface area contributed by atoms with Crippen LogP contribution in [0.3, 0.4) is 0 Å². The molecule has 1 aliphatic heterocycles. The van der Waals surface area contributed by atoms with E-state index >= 15 is 0 Å². The smallest absolute Gasteiger partial charge is 0.294 e. The number of carbonyl (C=O) groups excluding carboxylic acids is 2. The second-order valence-corrected chi connectivity index (χ2v) is 11.7. The highest BCUT2D eigenvalue weighted by atomic mass is 35.5. The Hall–Kier alpha value is -2.69. The number of aryl methyl sites for hydroxylation is 1. The number of benzene rings is 2. The Labute approximate surface area is 205 Å². The first kappa shape index (κ1) is 25.4. The van der Waals surface area contributed by atoms with E-state index in [-0.39, 0.29) is 29.2 Å². The summed E-state index contributed by atoms with van der Waals surface area (Å²) in [6.45, 7) is 5.18. The fourth-order valence-corrected chi connectivity index (χ4v) is 6.00. The molecule has 1 aliphatic carbocycles. The molecule has 4 rings (SSSR count). The van der Waals surface area contributed by atoms with Crippen molar-refractivity contribution in [2.45, 2.75) is 50.2 Å². The maximum atomic E-state index is 14.9. The van der Waals surface area contributed by atoms with Crippen molar-refractivity contribution in [1.82, 2.24) is 4.72 Å². The average molecular weight is 527 g/mol. The molecule has 2 aromatic rings. The Bertz CT molecular complexity index is 1350. The number of allylic oxidation sites excluding steroid dienone is 1. The molecule has 0 spiro atoms. The van der Waals surface area contributed by atoms with Gasteiger partial charge < -0.3 is 0 Å². The summed E-state index contributed by atoms with van der Waals surface area (Å²) in [4.78, 5) is 27.2. The van der Waals surface area contributed by atoms with Gasteiger partial charge in [0.05, 0.1) is 10.5 Å². The average Bonchev–Trinajstić information content (AvgIpc) is 2.96. The van der Waals surface area contributed by atoms with E-state index in [9.17, 15) is 31.2 Å². The number of sulfonamides is 1. The minimum atomic E-state index is -5.46. The van der Waals surface area contributed by atoms with Gasteiger partial charge in [-0.1, -0.05) is 43.1 Å². The summed E-state index contributed by atoms with van der Waals surface area (Å²) in [5.41, 5.74) is -4.64. The number of Topliss-reactive ketones (excluding diaryl/α,β-unsaturated/α-hetero) is 1. The number of nitrogens with one attached hydrogen (secondary N) is 1. The van der Waals surface area contributed by atoms with Crippen molar-refractivity contribution in [3.8, 4) is 0 Å². The minimum absolute atomic E-state index is 0.0335. The van der Waals surface area contributed by atoms with Crippen molar-refractivity contribution < 1.29 is 31.2 Å². The Balaban J connectivity index is 1.98. The summed E-state index contributed by atoms with van der Waals surface area (Å²) < 4.78 is 72.5. The molecule has 0 bridgehead atoms. The van der Waals surface area contributed by atoms with E-state index in [4.69, 9.17) is 11.6 Å². The lowest BCUT2D eigenvalue weighted by molar-refractivity contribution is -0.184. The van der Waals surface area contributed by atoms with E-state index in [1.807, 2.05) is 0 Å². The summed E-state index contributed by atoms with van der Waals surface area (Å²) in [6, 6.07) is 10.6. The molecule has 1 heterocycles. The number of rotatable bonds is 4. The van der Waals surface area contributed by atoms with E-state index in [0.29, 0.717) is 0 Å². The number of anilines is 1. The van der Waals surface area contributed by atoms with Gasteiger partial charge in [0.15, 0.2) is 5.78 Å². The van der Waals surface area contributed by atoms with Gasteiger partial charge >= 0.3 is 6.18 Å². The second kappa shape index (κ2) is 8.18. The van der Waals surface area contributed by atoms with Crippen molar-refractivity contribution in [3.05, 3.63) is 70.4 Å². The van der Waals surface area contributed by atoms with Gasteiger partial charge in [0, 0.05) is 22.8 Å². The van der Waals surface area contributed by atoms with Crippen LogP contribution >= 0.6 is 11.6 Å². The molecule has 1 amide bonds. The normalized spacial score (nSPS) is 22.5. The lowest BCUT2D eigenvalue weighted by atomic mass is 9.72. The Morgan fingerprint density at radius 3 is 2.09 bits per heavy atom. The molecule has 1 atom stereocenters. The third kappa shape index (κ3) is 4.17. The van der Waals surface area contributed by atoms with Crippen molar-refractivity contribution in [2.75, 3.05) is 4.90 Å². The number of ketones is 1. The zero-order valence-electron chi connectivity index (χ0n) is 19.0. The fourth-order valence-electron chi connectivity index (χ4n) is 4.56. The van der Waals surface area contributed by atoms with Gasteiger partial charge in [0.1, 0.15) is 0 Å². The maximum absolute atomic E-state index is 14.9. The van der Waals surface area contributed by atoms with Crippen molar-refractivity contribution in [1.29, 1.82) is 0 Å². The number of amides is 1. The lowest BCUT2D eigenvalue weighted by Crippen LogP contribution is -2.66. The quantitative estimate of drug-likeness (QED) is 0.613. The second-order valence-electron chi connectivity index (χ2n) is 9.55. The highest BCUT2D eigenvalue weighted by molar-refractivity contribution is 7.89. The molecule has 6 nitrogen and oxygen atoms in total. The third-order valence-electron chi connectivity index (χ3n) is 6.15. The monoisotopic (exact) mass is 526 g/mol. The van der Waals surface area contributed by atoms with Crippen LogP contribution in [0.5, 0.6) is 0 Å². The first-order chi connectivity index (χ1) is 16.1. The molecule has 1 N–H and O–H groups in total.